The number of nitro groups is 1. The molecule has 0 bridgehead atoms. The van der Waals surface area contributed by atoms with Crippen molar-refractivity contribution in [1.82, 2.24) is 5.32 Å². The minimum Gasteiger partial charge on any atom is -0.325 e. The number of benzene rings is 3. The fourth-order valence-corrected chi connectivity index (χ4v) is 4.76. The number of nitrogens with one attached hydrogen (secondary N) is 2. The van der Waals surface area contributed by atoms with Crippen LogP contribution in [0.5, 0.6) is 0 Å². The zero-order valence-corrected chi connectivity index (χ0v) is 22.0. The second-order valence-electron chi connectivity index (χ2n) is 8.41. The van der Waals surface area contributed by atoms with Crippen LogP contribution < -0.4 is 15.5 Å². The molecule has 38 heavy (non-hydrogen) atoms. The van der Waals surface area contributed by atoms with E-state index >= 15 is 0 Å². The minimum absolute atomic E-state index is 0.0422. The molecule has 3 aromatic rings. The van der Waals surface area contributed by atoms with Crippen molar-refractivity contribution in [2.24, 2.45) is 0 Å². The summed E-state index contributed by atoms with van der Waals surface area (Å²) in [7, 11) is 0. The minimum atomic E-state index is -0.696. The zero-order valence-electron chi connectivity index (χ0n) is 20.4. The van der Waals surface area contributed by atoms with Gasteiger partial charge in [-0.2, -0.15) is 0 Å². The molecule has 0 saturated carbocycles. The molecular weight excluding hydrogens is 524 g/mol. The van der Waals surface area contributed by atoms with Gasteiger partial charge in [0.1, 0.15) is 5.57 Å². The van der Waals surface area contributed by atoms with Gasteiger partial charge in [0.05, 0.1) is 21.3 Å². The number of amides is 3. The van der Waals surface area contributed by atoms with E-state index in [2.05, 4.69) is 10.6 Å². The predicted molar refractivity (Wildman–Crippen MR) is 151 cm³/mol. The number of para-hydroxylation sites is 1. The SMILES string of the molecule is Cc1ccc(N2C(=O)/C(=C/c3ccc(SCC(=O)Nc4ccccc4)c([N+](=O)[O-])c3)C(=O)NC2=S)cc1C. The number of carbonyl (C=O) groups is 3. The summed E-state index contributed by atoms with van der Waals surface area (Å²) in [5.74, 6) is -1.69. The van der Waals surface area contributed by atoms with E-state index < -0.39 is 16.7 Å². The van der Waals surface area contributed by atoms with Crippen molar-refractivity contribution in [3.63, 3.8) is 0 Å². The molecule has 1 fully saturated rings. The first kappa shape index (κ1) is 26.7. The van der Waals surface area contributed by atoms with E-state index in [1.807, 2.05) is 26.0 Å². The lowest BCUT2D eigenvalue weighted by atomic mass is 10.0. The third-order valence-corrected chi connectivity index (χ3v) is 7.10. The summed E-state index contributed by atoms with van der Waals surface area (Å²) in [6.45, 7) is 3.84. The number of thiocarbonyl (C=S) groups is 1. The van der Waals surface area contributed by atoms with E-state index in [0.29, 0.717) is 11.4 Å². The van der Waals surface area contributed by atoms with Crippen molar-refractivity contribution in [2.75, 3.05) is 16.0 Å². The lowest BCUT2D eigenvalue weighted by Gasteiger charge is -2.29. The fourth-order valence-electron chi connectivity index (χ4n) is 3.67. The van der Waals surface area contributed by atoms with E-state index in [9.17, 15) is 24.5 Å². The average molecular weight is 547 g/mol. The van der Waals surface area contributed by atoms with Crippen LogP contribution in [0.1, 0.15) is 16.7 Å². The first-order chi connectivity index (χ1) is 18.1. The van der Waals surface area contributed by atoms with Gasteiger partial charge in [-0.15, -0.1) is 11.8 Å². The predicted octanol–water partition coefficient (Wildman–Crippen LogP) is 4.77. The number of carbonyl (C=O) groups excluding carboxylic acids is 3. The quantitative estimate of drug-likeness (QED) is 0.109. The molecule has 1 aliphatic heterocycles. The summed E-state index contributed by atoms with van der Waals surface area (Å²) in [4.78, 5) is 50.9. The van der Waals surface area contributed by atoms with Gasteiger partial charge in [-0.05, 0) is 79.2 Å². The number of thioether (sulfide) groups is 1. The number of nitrogens with zero attached hydrogens (tertiary/aromatic N) is 2. The Balaban J connectivity index is 1.57. The van der Waals surface area contributed by atoms with Gasteiger partial charge < -0.3 is 5.32 Å². The molecule has 0 aliphatic carbocycles. The van der Waals surface area contributed by atoms with Crippen LogP contribution in [0.2, 0.25) is 0 Å². The topological polar surface area (TPSA) is 122 Å². The maximum absolute atomic E-state index is 13.3. The Kier molecular flexibility index (Phi) is 7.99. The third-order valence-electron chi connectivity index (χ3n) is 5.76. The largest absolute Gasteiger partial charge is 0.325 e. The van der Waals surface area contributed by atoms with E-state index in [0.717, 1.165) is 22.9 Å². The van der Waals surface area contributed by atoms with Crippen LogP contribution in [0, 0.1) is 24.0 Å². The second kappa shape index (κ2) is 11.4. The Morgan fingerprint density at radius 1 is 1.08 bits per heavy atom. The first-order valence-corrected chi connectivity index (χ1v) is 12.8. The zero-order chi connectivity index (χ0) is 27.4. The third kappa shape index (κ3) is 5.96. The molecule has 1 aliphatic rings. The highest BCUT2D eigenvalue weighted by molar-refractivity contribution is 8.00. The van der Waals surface area contributed by atoms with Crippen LogP contribution >= 0.6 is 24.0 Å². The molecule has 0 unspecified atom stereocenters. The van der Waals surface area contributed by atoms with Crippen molar-refractivity contribution in [2.45, 2.75) is 18.7 Å². The number of hydrogen-bond acceptors (Lipinski definition) is 7. The molecule has 3 aromatic carbocycles. The molecule has 1 saturated heterocycles. The molecule has 2 N–H and O–H groups in total. The van der Waals surface area contributed by atoms with Gasteiger partial charge in [0, 0.05) is 11.8 Å². The molecule has 9 nitrogen and oxygen atoms in total. The molecule has 11 heteroatoms. The lowest BCUT2D eigenvalue weighted by Crippen LogP contribution is -2.54. The van der Waals surface area contributed by atoms with Crippen molar-refractivity contribution < 1.29 is 19.3 Å². The molecular formula is C27H22N4O5S2. The van der Waals surface area contributed by atoms with Crippen molar-refractivity contribution in [1.29, 1.82) is 0 Å². The van der Waals surface area contributed by atoms with Crippen LogP contribution in [-0.2, 0) is 14.4 Å². The number of nitro benzene ring substituents is 1. The smallest absolute Gasteiger partial charge is 0.283 e. The number of anilines is 2. The van der Waals surface area contributed by atoms with Crippen LogP contribution in [0.3, 0.4) is 0 Å². The number of rotatable bonds is 7. The normalized spacial score (nSPS) is 14.4. The summed E-state index contributed by atoms with van der Waals surface area (Å²) in [6.07, 6.45) is 1.29. The molecule has 1 heterocycles. The number of aryl methyl sites for hydroxylation is 2. The van der Waals surface area contributed by atoms with Gasteiger partial charge in [0.25, 0.3) is 17.5 Å². The Hall–Kier alpha value is -4.35. The van der Waals surface area contributed by atoms with Crippen molar-refractivity contribution in [3.05, 3.63) is 99.1 Å². The van der Waals surface area contributed by atoms with E-state index in [1.165, 1.54) is 23.1 Å². The van der Waals surface area contributed by atoms with Gasteiger partial charge in [0.15, 0.2) is 5.11 Å². The molecule has 0 aromatic heterocycles. The van der Waals surface area contributed by atoms with E-state index in [-0.39, 0.29) is 38.5 Å². The number of hydrogen-bond donors (Lipinski definition) is 2. The standard InChI is InChI=1S/C27H22N4O5S2/c1-16-8-10-20(12-17(16)2)30-26(34)21(25(33)29-27(30)37)13-18-9-11-23(22(14-18)31(35)36)38-15-24(32)28-19-6-4-3-5-7-19/h3-14H,15H2,1-2H3,(H,28,32)(H,29,33,37)/b21-13+. The van der Waals surface area contributed by atoms with Crippen LogP contribution in [0.15, 0.2) is 77.2 Å². The monoisotopic (exact) mass is 546 g/mol. The van der Waals surface area contributed by atoms with Crippen LogP contribution in [-0.4, -0.2) is 33.5 Å². The highest BCUT2D eigenvalue weighted by atomic mass is 32.2. The summed E-state index contributed by atoms with van der Waals surface area (Å²) < 4.78 is 0. The highest BCUT2D eigenvalue weighted by Gasteiger charge is 2.34. The van der Waals surface area contributed by atoms with Crippen LogP contribution in [0.4, 0.5) is 17.1 Å². The average Bonchev–Trinajstić information content (AvgIpc) is 2.88. The molecule has 0 atom stereocenters. The fraction of sp³-hybridized carbons (Fsp3) is 0.111. The van der Waals surface area contributed by atoms with Gasteiger partial charge >= 0.3 is 0 Å². The molecule has 3 amide bonds. The van der Waals surface area contributed by atoms with E-state index in [4.69, 9.17) is 12.2 Å². The van der Waals surface area contributed by atoms with Crippen molar-refractivity contribution >= 4 is 70.0 Å². The highest BCUT2D eigenvalue weighted by Crippen LogP contribution is 2.32. The Labute approximate surface area is 228 Å². The van der Waals surface area contributed by atoms with E-state index in [1.54, 1.807) is 42.5 Å². The first-order valence-electron chi connectivity index (χ1n) is 11.4. The Bertz CT molecular complexity index is 1500. The van der Waals surface area contributed by atoms with Gasteiger partial charge in [0.2, 0.25) is 5.91 Å². The van der Waals surface area contributed by atoms with Gasteiger partial charge in [-0.25, -0.2) is 0 Å². The summed E-state index contributed by atoms with van der Waals surface area (Å²) >= 11 is 6.25. The maximum Gasteiger partial charge on any atom is 0.283 e. The Morgan fingerprint density at radius 3 is 2.50 bits per heavy atom. The van der Waals surface area contributed by atoms with Crippen molar-refractivity contribution in [3.8, 4) is 0 Å². The molecule has 0 radical (unpaired) electrons. The maximum atomic E-state index is 13.3. The molecule has 0 spiro atoms. The summed E-state index contributed by atoms with van der Waals surface area (Å²) in [5, 5.41) is 17.0. The van der Waals surface area contributed by atoms with Gasteiger partial charge in [-0.3, -0.25) is 34.7 Å². The second-order valence-corrected chi connectivity index (χ2v) is 9.82. The van der Waals surface area contributed by atoms with Crippen LogP contribution in [0.25, 0.3) is 6.08 Å². The molecule has 192 valence electrons. The summed E-state index contributed by atoms with van der Waals surface area (Å²) in [5.41, 5.74) is 2.92. The summed E-state index contributed by atoms with van der Waals surface area (Å²) in [6, 6.07) is 18.5. The van der Waals surface area contributed by atoms with Gasteiger partial charge in [-0.1, -0.05) is 30.3 Å². The lowest BCUT2D eigenvalue weighted by molar-refractivity contribution is -0.387. The molecule has 4 rings (SSSR count). The Morgan fingerprint density at radius 2 is 1.82 bits per heavy atom.